The summed E-state index contributed by atoms with van der Waals surface area (Å²) in [6.07, 6.45) is 3.55. The van der Waals surface area contributed by atoms with Crippen LogP contribution in [-0.4, -0.2) is 95.0 Å². The van der Waals surface area contributed by atoms with Crippen molar-refractivity contribution in [2.45, 2.75) is 110 Å². The average Bonchev–Trinajstić information content (AvgIpc) is 3.59. The number of likely N-dealkylation sites (tertiary alicyclic amines) is 1. The normalized spacial score (nSPS) is 20.8. The number of nitrogens with zero attached hydrogens (tertiary/aromatic N) is 6. The molecule has 14 heteroatoms. The highest BCUT2D eigenvalue weighted by atomic mass is 19.4. The Bertz CT molecular complexity index is 2080. The number of aryl methyl sites for hydroxylation is 2. The first-order chi connectivity index (χ1) is 26.7. The van der Waals surface area contributed by atoms with Crippen LogP contribution in [0.1, 0.15) is 102 Å². The minimum Gasteiger partial charge on any atom is -0.481 e. The smallest absolute Gasteiger partial charge is 0.422 e. The minimum atomic E-state index is -4.57. The van der Waals surface area contributed by atoms with Crippen LogP contribution in [0, 0.1) is 12.3 Å². The second-order valence-corrected chi connectivity index (χ2v) is 17.2. The summed E-state index contributed by atoms with van der Waals surface area (Å²) in [5.41, 5.74) is 3.88. The van der Waals surface area contributed by atoms with Crippen LogP contribution in [-0.2, 0) is 15.9 Å². The van der Waals surface area contributed by atoms with Gasteiger partial charge in [-0.3, -0.25) is 0 Å². The van der Waals surface area contributed by atoms with Crippen molar-refractivity contribution < 1.29 is 32.2 Å². The third-order valence-electron chi connectivity index (χ3n) is 12.0. The number of benzene rings is 2. The molecule has 1 spiro atoms. The SMILES string of the molecule is CCc1cc2c(N3CCC4(CC3)CN(C(=O)OC(C)(C)C)C4)nc(C3CCNCC3)nc2c(OCC(F)(F)F)c1-c1c(C)ccc2c1cnn2C1CCCCO1. The first kappa shape index (κ1) is 38.7. The summed E-state index contributed by atoms with van der Waals surface area (Å²) in [5, 5.41) is 9.73. The minimum absolute atomic E-state index is 0.000151. The molecule has 2 aromatic carbocycles. The number of amides is 1. The van der Waals surface area contributed by atoms with Crippen molar-refractivity contribution in [1.29, 1.82) is 0 Å². The Balaban J connectivity index is 1.24. The van der Waals surface area contributed by atoms with Crippen molar-refractivity contribution in [3.8, 4) is 16.9 Å². The van der Waals surface area contributed by atoms with Gasteiger partial charge in [-0.05, 0) is 121 Å². The van der Waals surface area contributed by atoms with Gasteiger partial charge in [0, 0.05) is 60.5 Å². The van der Waals surface area contributed by atoms with E-state index in [0.717, 1.165) is 91.4 Å². The van der Waals surface area contributed by atoms with Gasteiger partial charge in [0.15, 0.2) is 18.6 Å². The summed E-state index contributed by atoms with van der Waals surface area (Å²) in [6, 6.07) is 6.11. The number of fused-ring (bicyclic) bond motifs is 2. The number of ether oxygens (including phenoxy) is 3. The second kappa shape index (κ2) is 15.0. The van der Waals surface area contributed by atoms with Crippen molar-refractivity contribution in [2.75, 3.05) is 57.4 Å². The third kappa shape index (κ3) is 7.62. The number of carbonyl (C=O) groups excluding carboxylic acids is 1. The number of piperidine rings is 2. The number of halogens is 3. The van der Waals surface area contributed by atoms with Gasteiger partial charge in [-0.25, -0.2) is 19.4 Å². The van der Waals surface area contributed by atoms with E-state index in [0.29, 0.717) is 61.5 Å². The molecular formula is C42H54F3N7O4. The Kier molecular flexibility index (Phi) is 10.3. The lowest BCUT2D eigenvalue weighted by molar-refractivity contribution is -0.153. The molecule has 0 radical (unpaired) electrons. The van der Waals surface area contributed by atoms with E-state index in [1.807, 2.05) is 57.6 Å². The maximum Gasteiger partial charge on any atom is 0.422 e. The van der Waals surface area contributed by atoms with Crippen LogP contribution in [0.2, 0.25) is 0 Å². The molecule has 0 bridgehead atoms. The molecule has 1 amide bonds. The van der Waals surface area contributed by atoms with E-state index in [-0.39, 0.29) is 29.4 Å². The highest BCUT2D eigenvalue weighted by Gasteiger charge is 2.48. The molecule has 1 atom stereocenters. The number of carbonyl (C=O) groups is 1. The Morgan fingerprint density at radius 2 is 1.77 bits per heavy atom. The zero-order chi connectivity index (χ0) is 39.4. The summed E-state index contributed by atoms with van der Waals surface area (Å²) in [7, 11) is 0. The molecule has 4 fully saturated rings. The van der Waals surface area contributed by atoms with Gasteiger partial charge in [-0.2, -0.15) is 18.3 Å². The maximum atomic E-state index is 14.2. The highest BCUT2D eigenvalue weighted by Crippen LogP contribution is 2.48. The predicted octanol–water partition coefficient (Wildman–Crippen LogP) is 8.46. The lowest BCUT2D eigenvalue weighted by atomic mass is 9.72. The Labute approximate surface area is 326 Å². The first-order valence-electron chi connectivity index (χ1n) is 20.3. The van der Waals surface area contributed by atoms with Crippen molar-refractivity contribution in [1.82, 2.24) is 30.0 Å². The molecule has 0 aliphatic carbocycles. The summed E-state index contributed by atoms with van der Waals surface area (Å²) < 4.78 is 62.2. The standard InChI is InChI=1S/C42H54F3N7O4/c1-6-27-21-29-35(36(55-25-42(43,44)45)34(27)33-26(2)10-11-31-30(33)22-47-52(31)32-9-7-8-20-54-32)48-37(28-12-16-46-17-13-28)49-38(29)50-18-14-41(15-19-50)23-51(24-41)39(53)56-40(3,4)5/h10-11,21-22,28,32,46H,6-9,12-20,23-25H2,1-5H3. The summed E-state index contributed by atoms with van der Waals surface area (Å²) in [6.45, 7) is 13.2. The van der Waals surface area contributed by atoms with Crippen LogP contribution in [0.4, 0.5) is 23.8 Å². The second-order valence-electron chi connectivity index (χ2n) is 17.2. The van der Waals surface area contributed by atoms with E-state index in [2.05, 4.69) is 16.3 Å². The van der Waals surface area contributed by atoms with Crippen molar-refractivity contribution in [3.05, 3.63) is 41.3 Å². The molecule has 2 aromatic heterocycles. The Morgan fingerprint density at radius 3 is 2.43 bits per heavy atom. The summed E-state index contributed by atoms with van der Waals surface area (Å²) in [4.78, 5) is 27.3. The van der Waals surface area contributed by atoms with E-state index in [1.54, 1.807) is 4.90 Å². The zero-order valence-electron chi connectivity index (χ0n) is 33.2. The maximum absolute atomic E-state index is 14.2. The molecule has 6 heterocycles. The number of hydrogen-bond acceptors (Lipinski definition) is 9. The Morgan fingerprint density at radius 1 is 1.02 bits per heavy atom. The fourth-order valence-electron chi connectivity index (χ4n) is 9.08. The lowest BCUT2D eigenvalue weighted by Gasteiger charge is -2.53. The molecule has 4 aliphatic rings. The van der Waals surface area contributed by atoms with E-state index >= 15 is 0 Å². The molecule has 1 unspecified atom stereocenters. The number of alkyl halides is 3. The number of anilines is 1. The molecule has 4 aromatic rings. The molecule has 8 rings (SSSR count). The Hall–Kier alpha value is -4.17. The van der Waals surface area contributed by atoms with Gasteiger partial charge in [-0.15, -0.1) is 0 Å². The van der Waals surface area contributed by atoms with Crippen LogP contribution in [0.15, 0.2) is 24.4 Å². The number of rotatable bonds is 7. The van der Waals surface area contributed by atoms with E-state index in [1.165, 1.54) is 0 Å². The van der Waals surface area contributed by atoms with Crippen LogP contribution in [0.5, 0.6) is 5.75 Å². The summed E-state index contributed by atoms with van der Waals surface area (Å²) in [5.74, 6) is 1.55. The number of nitrogens with one attached hydrogen (secondary N) is 1. The van der Waals surface area contributed by atoms with Gasteiger partial charge in [0.25, 0.3) is 0 Å². The fourth-order valence-corrected chi connectivity index (χ4v) is 9.08. The molecule has 11 nitrogen and oxygen atoms in total. The van der Waals surface area contributed by atoms with E-state index < -0.39 is 18.4 Å². The zero-order valence-corrected chi connectivity index (χ0v) is 33.2. The third-order valence-corrected chi connectivity index (χ3v) is 12.0. The van der Waals surface area contributed by atoms with Crippen molar-refractivity contribution >= 4 is 33.7 Å². The lowest BCUT2D eigenvalue weighted by Crippen LogP contribution is -2.62. The van der Waals surface area contributed by atoms with E-state index in [9.17, 15) is 18.0 Å². The van der Waals surface area contributed by atoms with Crippen molar-refractivity contribution in [3.63, 3.8) is 0 Å². The van der Waals surface area contributed by atoms with Gasteiger partial charge < -0.3 is 29.3 Å². The predicted molar refractivity (Wildman–Crippen MR) is 209 cm³/mol. The van der Waals surface area contributed by atoms with E-state index in [4.69, 9.17) is 29.3 Å². The van der Waals surface area contributed by atoms with Crippen molar-refractivity contribution in [2.24, 2.45) is 5.41 Å². The summed E-state index contributed by atoms with van der Waals surface area (Å²) >= 11 is 0. The topological polar surface area (TPSA) is 107 Å². The quantitative estimate of drug-likeness (QED) is 0.198. The molecule has 0 saturated carbocycles. The number of aromatic nitrogens is 4. The average molecular weight is 778 g/mol. The van der Waals surface area contributed by atoms with Gasteiger partial charge in [0.05, 0.1) is 11.7 Å². The van der Waals surface area contributed by atoms with Gasteiger partial charge in [0.1, 0.15) is 22.8 Å². The molecule has 1 N–H and O–H groups in total. The molecule has 4 aliphatic heterocycles. The fraction of sp³-hybridized carbons (Fsp3) is 0.619. The van der Waals surface area contributed by atoms with Crippen LogP contribution >= 0.6 is 0 Å². The van der Waals surface area contributed by atoms with Gasteiger partial charge in [-0.1, -0.05) is 13.0 Å². The van der Waals surface area contributed by atoms with Gasteiger partial charge in [0.2, 0.25) is 0 Å². The molecule has 56 heavy (non-hydrogen) atoms. The largest absolute Gasteiger partial charge is 0.481 e. The first-order valence-corrected chi connectivity index (χ1v) is 20.3. The molecule has 4 saturated heterocycles. The molecular weight excluding hydrogens is 724 g/mol. The molecule has 302 valence electrons. The van der Waals surface area contributed by atoms with Gasteiger partial charge >= 0.3 is 12.3 Å². The highest BCUT2D eigenvalue weighted by molar-refractivity contribution is 6.05. The van der Waals surface area contributed by atoms with Crippen LogP contribution < -0.4 is 15.0 Å². The van der Waals surface area contributed by atoms with Crippen LogP contribution in [0.3, 0.4) is 0 Å². The monoisotopic (exact) mass is 777 g/mol. The number of hydrogen-bond donors (Lipinski definition) is 1. The van der Waals surface area contributed by atoms with Crippen LogP contribution in [0.25, 0.3) is 32.9 Å².